The first-order chi connectivity index (χ1) is 14.3. The second-order valence-corrected chi connectivity index (χ2v) is 10.2. The van der Waals surface area contributed by atoms with Crippen LogP contribution < -0.4 is 9.21 Å². The molecule has 0 N–H and O–H groups in total. The molecule has 2 aromatic carbocycles. The highest BCUT2D eigenvalue weighted by Crippen LogP contribution is 2.25. The van der Waals surface area contributed by atoms with E-state index in [1.807, 2.05) is 66.4 Å². The quantitative estimate of drug-likeness (QED) is 0.675. The Labute approximate surface area is 180 Å². The summed E-state index contributed by atoms with van der Waals surface area (Å²) in [5.74, 6) is 0.0692. The Hall–Kier alpha value is -2.54. The molecule has 3 rings (SSSR count). The molecular formula is C23H31N3O3S. The van der Waals surface area contributed by atoms with Crippen LogP contribution in [0.25, 0.3) is 0 Å². The normalized spacial score (nSPS) is 14.8. The predicted molar refractivity (Wildman–Crippen MR) is 123 cm³/mol. The maximum Gasteiger partial charge on any atom is 0.253 e. The number of hydrogen-bond donors (Lipinski definition) is 0. The van der Waals surface area contributed by atoms with E-state index < -0.39 is 15.3 Å². The molecule has 1 fully saturated rings. The molecule has 1 aliphatic rings. The molecule has 1 heterocycles. The van der Waals surface area contributed by atoms with E-state index in [0.717, 1.165) is 30.8 Å². The standard InChI is InChI=1S/C23H31N3O3S/c1-4-14-26(30(28,29)19(2)3)22-12-10-21(11-13-22)24-15-17-25(18-16-24)23(27)20-8-6-5-7-9-20/h5-13,19H,4,14-18H2,1-3H3. The van der Waals surface area contributed by atoms with E-state index in [9.17, 15) is 13.2 Å². The van der Waals surface area contributed by atoms with Crippen LogP contribution in [0, 0.1) is 0 Å². The topological polar surface area (TPSA) is 60.9 Å². The third kappa shape index (κ3) is 4.78. The number of hydrogen-bond acceptors (Lipinski definition) is 4. The lowest BCUT2D eigenvalue weighted by atomic mass is 10.1. The van der Waals surface area contributed by atoms with Gasteiger partial charge in [-0.25, -0.2) is 8.42 Å². The van der Waals surface area contributed by atoms with Gasteiger partial charge in [0.05, 0.1) is 10.9 Å². The van der Waals surface area contributed by atoms with Crippen molar-refractivity contribution in [3.05, 3.63) is 60.2 Å². The van der Waals surface area contributed by atoms with Crippen LogP contribution >= 0.6 is 0 Å². The summed E-state index contributed by atoms with van der Waals surface area (Å²) in [4.78, 5) is 16.7. The third-order valence-corrected chi connectivity index (χ3v) is 7.62. The van der Waals surface area contributed by atoms with Crippen LogP contribution in [0.4, 0.5) is 11.4 Å². The fraction of sp³-hybridized carbons (Fsp3) is 0.435. The molecule has 7 heteroatoms. The lowest BCUT2D eigenvalue weighted by Crippen LogP contribution is -2.48. The van der Waals surface area contributed by atoms with E-state index in [-0.39, 0.29) is 5.91 Å². The molecule has 0 unspecified atom stereocenters. The molecule has 162 valence electrons. The van der Waals surface area contributed by atoms with Gasteiger partial charge in [0.15, 0.2) is 0 Å². The van der Waals surface area contributed by atoms with Gasteiger partial charge in [-0.2, -0.15) is 0 Å². The Bertz CT molecular complexity index is 935. The van der Waals surface area contributed by atoms with Crippen LogP contribution in [-0.4, -0.2) is 57.2 Å². The highest BCUT2D eigenvalue weighted by atomic mass is 32.2. The molecular weight excluding hydrogens is 398 g/mol. The lowest BCUT2D eigenvalue weighted by Gasteiger charge is -2.36. The molecule has 0 atom stereocenters. The zero-order valence-corrected chi connectivity index (χ0v) is 18.8. The summed E-state index contributed by atoms with van der Waals surface area (Å²) < 4.78 is 26.9. The van der Waals surface area contributed by atoms with E-state index in [4.69, 9.17) is 0 Å². The first-order valence-electron chi connectivity index (χ1n) is 10.6. The van der Waals surface area contributed by atoms with Crippen LogP contribution in [0.5, 0.6) is 0 Å². The van der Waals surface area contributed by atoms with Crippen molar-refractivity contribution in [1.29, 1.82) is 0 Å². The summed E-state index contributed by atoms with van der Waals surface area (Å²) in [6.45, 7) is 8.71. The van der Waals surface area contributed by atoms with Crippen molar-refractivity contribution in [2.75, 3.05) is 41.9 Å². The van der Waals surface area contributed by atoms with Gasteiger partial charge in [0.2, 0.25) is 10.0 Å². The van der Waals surface area contributed by atoms with Crippen LogP contribution in [0.1, 0.15) is 37.6 Å². The molecule has 1 amide bonds. The van der Waals surface area contributed by atoms with Crippen molar-refractivity contribution < 1.29 is 13.2 Å². The maximum atomic E-state index is 12.7. The van der Waals surface area contributed by atoms with Crippen molar-refractivity contribution in [3.8, 4) is 0 Å². The second-order valence-electron chi connectivity index (χ2n) is 7.83. The minimum Gasteiger partial charge on any atom is -0.368 e. The molecule has 0 aromatic heterocycles. The van der Waals surface area contributed by atoms with Gasteiger partial charge >= 0.3 is 0 Å². The van der Waals surface area contributed by atoms with Crippen molar-refractivity contribution in [2.45, 2.75) is 32.4 Å². The smallest absolute Gasteiger partial charge is 0.253 e. The van der Waals surface area contributed by atoms with Gasteiger partial charge in [-0.1, -0.05) is 25.1 Å². The fourth-order valence-electron chi connectivity index (χ4n) is 3.62. The van der Waals surface area contributed by atoms with Gasteiger partial charge in [0, 0.05) is 44.0 Å². The van der Waals surface area contributed by atoms with E-state index in [1.165, 1.54) is 4.31 Å². The van der Waals surface area contributed by atoms with Crippen LogP contribution in [0.2, 0.25) is 0 Å². The predicted octanol–water partition coefficient (Wildman–Crippen LogP) is 3.60. The summed E-state index contributed by atoms with van der Waals surface area (Å²) in [6.07, 6.45) is 0.755. The lowest BCUT2D eigenvalue weighted by molar-refractivity contribution is 0.0747. The van der Waals surface area contributed by atoms with Gasteiger partial charge in [-0.3, -0.25) is 9.10 Å². The number of sulfonamides is 1. The maximum absolute atomic E-state index is 12.7. The third-order valence-electron chi connectivity index (χ3n) is 5.42. The highest BCUT2D eigenvalue weighted by molar-refractivity contribution is 7.93. The number of amides is 1. The van der Waals surface area contributed by atoms with Crippen LogP contribution in [-0.2, 0) is 10.0 Å². The Morgan fingerprint density at radius 2 is 1.57 bits per heavy atom. The number of carbonyl (C=O) groups excluding carboxylic acids is 1. The van der Waals surface area contributed by atoms with Crippen LogP contribution in [0.3, 0.4) is 0 Å². The van der Waals surface area contributed by atoms with Gasteiger partial charge in [0.1, 0.15) is 0 Å². The SMILES string of the molecule is CCCN(c1ccc(N2CCN(C(=O)c3ccccc3)CC2)cc1)S(=O)(=O)C(C)C. The fourth-order valence-corrected chi connectivity index (χ4v) is 4.98. The Morgan fingerprint density at radius 3 is 2.10 bits per heavy atom. The van der Waals surface area contributed by atoms with E-state index in [2.05, 4.69) is 4.90 Å². The Kier molecular flexibility index (Phi) is 7.02. The molecule has 30 heavy (non-hydrogen) atoms. The van der Waals surface area contributed by atoms with Crippen molar-refractivity contribution in [3.63, 3.8) is 0 Å². The van der Waals surface area contributed by atoms with Crippen molar-refractivity contribution in [2.24, 2.45) is 0 Å². The summed E-state index contributed by atoms with van der Waals surface area (Å²) in [5.41, 5.74) is 2.47. The Morgan fingerprint density at radius 1 is 0.967 bits per heavy atom. The van der Waals surface area contributed by atoms with Crippen molar-refractivity contribution >= 4 is 27.3 Å². The molecule has 1 aliphatic heterocycles. The average Bonchev–Trinajstić information content (AvgIpc) is 2.77. The molecule has 0 saturated carbocycles. The molecule has 0 spiro atoms. The number of nitrogens with zero attached hydrogens (tertiary/aromatic N) is 3. The largest absolute Gasteiger partial charge is 0.368 e. The zero-order chi connectivity index (χ0) is 21.7. The van der Waals surface area contributed by atoms with Crippen LogP contribution in [0.15, 0.2) is 54.6 Å². The second kappa shape index (κ2) is 9.51. The van der Waals surface area contributed by atoms with Gasteiger partial charge in [-0.05, 0) is 56.7 Å². The number of carbonyl (C=O) groups is 1. The molecule has 2 aromatic rings. The van der Waals surface area contributed by atoms with E-state index in [1.54, 1.807) is 13.8 Å². The van der Waals surface area contributed by atoms with Gasteiger partial charge in [-0.15, -0.1) is 0 Å². The number of anilines is 2. The molecule has 0 aliphatic carbocycles. The molecule has 0 radical (unpaired) electrons. The van der Waals surface area contributed by atoms with Gasteiger partial charge in [0.25, 0.3) is 5.91 Å². The average molecular weight is 430 g/mol. The summed E-state index contributed by atoms with van der Waals surface area (Å²) in [7, 11) is -3.36. The zero-order valence-electron chi connectivity index (χ0n) is 18.0. The number of piperazine rings is 1. The molecule has 6 nitrogen and oxygen atoms in total. The van der Waals surface area contributed by atoms with Gasteiger partial charge < -0.3 is 9.80 Å². The minimum absolute atomic E-state index is 0.0692. The molecule has 1 saturated heterocycles. The number of rotatable bonds is 7. The first-order valence-corrected chi connectivity index (χ1v) is 12.1. The summed E-state index contributed by atoms with van der Waals surface area (Å²) in [6, 6.07) is 17.1. The first kappa shape index (κ1) is 22.2. The Balaban J connectivity index is 1.66. The van der Waals surface area contributed by atoms with Crippen molar-refractivity contribution in [1.82, 2.24) is 4.90 Å². The number of benzene rings is 2. The van der Waals surface area contributed by atoms with E-state index >= 15 is 0 Å². The molecule has 0 bridgehead atoms. The monoisotopic (exact) mass is 429 g/mol. The summed E-state index contributed by atoms with van der Waals surface area (Å²) in [5, 5.41) is -0.459. The summed E-state index contributed by atoms with van der Waals surface area (Å²) >= 11 is 0. The van der Waals surface area contributed by atoms with E-state index in [0.29, 0.717) is 25.3 Å². The highest BCUT2D eigenvalue weighted by Gasteiger charge is 2.26. The minimum atomic E-state index is -3.36.